The van der Waals surface area contributed by atoms with Gasteiger partial charge in [0, 0.05) is 25.7 Å². The normalized spacial score (nSPS) is 15.7. The lowest BCUT2D eigenvalue weighted by Crippen LogP contribution is -2.50. The molecule has 4 heterocycles. The van der Waals surface area contributed by atoms with E-state index >= 15 is 0 Å². The number of anilines is 1. The van der Waals surface area contributed by atoms with Crippen LogP contribution in [0.4, 0.5) is 10.1 Å². The van der Waals surface area contributed by atoms with Crippen LogP contribution in [0.2, 0.25) is 0 Å². The zero-order chi connectivity index (χ0) is 26.8. The van der Waals surface area contributed by atoms with Crippen molar-refractivity contribution in [1.29, 1.82) is 0 Å². The number of carbonyl (C=O) groups is 4. The van der Waals surface area contributed by atoms with Gasteiger partial charge >= 0.3 is 0 Å². The Bertz CT molecular complexity index is 1440. The number of hydrogen-bond acceptors (Lipinski definition) is 8. The Kier molecular flexibility index (Phi) is 6.87. The minimum absolute atomic E-state index is 0.0587. The number of rotatable bonds is 6. The van der Waals surface area contributed by atoms with Crippen molar-refractivity contribution in [2.45, 2.75) is 19.5 Å². The summed E-state index contributed by atoms with van der Waals surface area (Å²) in [5.41, 5.74) is 0.438. The first kappa shape index (κ1) is 25.1. The van der Waals surface area contributed by atoms with Crippen LogP contribution < -0.4 is 20.7 Å². The third-order valence-electron chi connectivity index (χ3n) is 6.06. The lowest BCUT2D eigenvalue weighted by atomic mass is 10.1. The average Bonchev–Trinajstić information content (AvgIpc) is 3.31. The van der Waals surface area contributed by atoms with Crippen molar-refractivity contribution in [3.8, 4) is 5.75 Å². The van der Waals surface area contributed by atoms with Crippen molar-refractivity contribution in [2.24, 2.45) is 0 Å². The highest BCUT2D eigenvalue weighted by Crippen LogP contribution is 2.28. The maximum absolute atomic E-state index is 14.4. The predicted molar refractivity (Wildman–Crippen MR) is 129 cm³/mol. The predicted octanol–water partition coefficient (Wildman–Crippen LogP) is 0.106. The highest BCUT2D eigenvalue weighted by molar-refractivity contribution is 6.00. The molecule has 13 nitrogen and oxygen atoms in total. The Balaban J connectivity index is 1.32. The molecule has 4 amide bonds. The molecule has 1 atom stereocenters. The van der Waals surface area contributed by atoms with Crippen LogP contribution in [0.3, 0.4) is 0 Å². The van der Waals surface area contributed by atoms with Gasteiger partial charge in [-0.15, -0.1) is 0 Å². The number of benzene rings is 1. The molecule has 2 aliphatic rings. The zero-order valence-electron chi connectivity index (χ0n) is 20.3. The van der Waals surface area contributed by atoms with E-state index in [1.165, 1.54) is 13.0 Å². The second kappa shape index (κ2) is 10.4. The molecule has 2 aromatic heterocycles. The first-order valence-corrected chi connectivity index (χ1v) is 11.9. The lowest BCUT2D eigenvalue weighted by molar-refractivity contribution is -0.136. The summed E-state index contributed by atoms with van der Waals surface area (Å²) in [4.78, 5) is 55.9. The summed E-state index contributed by atoms with van der Waals surface area (Å²) in [7, 11) is 0. The Morgan fingerprint density at radius 1 is 1.18 bits per heavy atom. The number of fused-ring (bicyclic) bond motifs is 2. The number of nitrogens with zero attached hydrogens (tertiary/aromatic N) is 4. The molecule has 0 spiro atoms. The van der Waals surface area contributed by atoms with Crippen LogP contribution in [0.15, 0.2) is 30.5 Å². The molecule has 0 radical (unpaired) electrons. The number of amides is 4. The summed E-state index contributed by atoms with van der Waals surface area (Å²) in [6.07, 6.45) is 0.882. The van der Waals surface area contributed by atoms with Gasteiger partial charge in [-0.25, -0.2) is 13.9 Å². The number of carbonyl (C=O) groups excluding carboxylic acids is 4. The van der Waals surface area contributed by atoms with E-state index in [2.05, 4.69) is 26.0 Å². The van der Waals surface area contributed by atoms with Gasteiger partial charge in [-0.05, 0) is 24.6 Å². The fraction of sp³-hybridized carbons (Fsp3) is 0.333. The largest absolute Gasteiger partial charge is 0.482 e. The molecule has 0 unspecified atom stereocenters. The second-order valence-electron chi connectivity index (χ2n) is 8.74. The van der Waals surface area contributed by atoms with Gasteiger partial charge in [0.25, 0.3) is 17.7 Å². The Morgan fingerprint density at radius 2 is 1.97 bits per heavy atom. The SMILES string of the molecule is C[C@H](NC(=O)c1cc(C(=O)NCc2ccc3c(c2)NC(=O)CO3)nc2c(F)cnn12)C(=O)N1CCOCC1. The van der Waals surface area contributed by atoms with Gasteiger partial charge < -0.3 is 30.3 Å². The van der Waals surface area contributed by atoms with E-state index < -0.39 is 23.7 Å². The summed E-state index contributed by atoms with van der Waals surface area (Å²) < 4.78 is 25.9. The molecule has 3 N–H and O–H groups in total. The molecule has 0 aliphatic carbocycles. The number of morpholine rings is 1. The molecule has 38 heavy (non-hydrogen) atoms. The summed E-state index contributed by atoms with van der Waals surface area (Å²) in [5, 5.41) is 11.8. The van der Waals surface area contributed by atoms with Gasteiger partial charge in [-0.2, -0.15) is 5.10 Å². The first-order valence-electron chi connectivity index (χ1n) is 11.9. The maximum Gasteiger partial charge on any atom is 0.270 e. The van der Waals surface area contributed by atoms with Crippen molar-refractivity contribution in [3.63, 3.8) is 0 Å². The van der Waals surface area contributed by atoms with Crippen LogP contribution in [0.25, 0.3) is 5.65 Å². The van der Waals surface area contributed by atoms with E-state index in [-0.39, 0.29) is 42.0 Å². The van der Waals surface area contributed by atoms with E-state index in [4.69, 9.17) is 9.47 Å². The van der Waals surface area contributed by atoms with E-state index in [0.717, 1.165) is 10.7 Å². The van der Waals surface area contributed by atoms with Crippen molar-refractivity contribution in [2.75, 3.05) is 38.2 Å². The average molecular weight is 525 g/mol. The third-order valence-corrected chi connectivity index (χ3v) is 6.06. The van der Waals surface area contributed by atoms with Crippen molar-refractivity contribution in [3.05, 3.63) is 53.2 Å². The fourth-order valence-electron chi connectivity index (χ4n) is 4.12. The van der Waals surface area contributed by atoms with Crippen molar-refractivity contribution >= 4 is 35.0 Å². The minimum Gasteiger partial charge on any atom is -0.482 e. The van der Waals surface area contributed by atoms with Gasteiger partial charge in [-0.1, -0.05) is 6.07 Å². The molecule has 1 aromatic carbocycles. The van der Waals surface area contributed by atoms with Crippen molar-refractivity contribution < 1.29 is 33.0 Å². The second-order valence-corrected chi connectivity index (χ2v) is 8.74. The highest BCUT2D eigenvalue weighted by atomic mass is 19.1. The van der Waals surface area contributed by atoms with Gasteiger partial charge in [0.15, 0.2) is 18.1 Å². The molecule has 3 aromatic rings. The van der Waals surface area contributed by atoms with Crippen LogP contribution in [0.1, 0.15) is 33.5 Å². The number of aromatic nitrogens is 3. The number of nitrogens with one attached hydrogen (secondary N) is 3. The van der Waals surface area contributed by atoms with Crippen molar-refractivity contribution in [1.82, 2.24) is 30.1 Å². The quantitative estimate of drug-likeness (QED) is 0.409. The van der Waals surface area contributed by atoms with E-state index in [9.17, 15) is 23.6 Å². The number of halogens is 1. The molecular weight excluding hydrogens is 501 g/mol. The summed E-state index contributed by atoms with van der Waals surface area (Å²) >= 11 is 0. The van der Waals surface area contributed by atoms with E-state index in [0.29, 0.717) is 43.3 Å². The first-order chi connectivity index (χ1) is 18.3. The molecule has 2 aliphatic heterocycles. The lowest BCUT2D eigenvalue weighted by Gasteiger charge is -2.29. The zero-order valence-corrected chi connectivity index (χ0v) is 20.3. The van der Waals surface area contributed by atoms with Gasteiger partial charge in [-0.3, -0.25) is 19.2 Å². The molecule has 198 valence electrons. The molecule has 1 fully saturated rings. The molecular formula is C24H24FN7O6. The summed E-state index contributed by atoms with van der Waals surface area (Å²) in [5.74, 6) is -2.28. The molecule has 0 bridgehead atoms. The molecule has 14 heteroatoms. The molecule has 0 saturated carbocycles. The van der Waals surface area contributed by atoms with Crippen LogP contribution >= 0.6 is 0 Å². The van der Waals surface area contributed by atoms with Gasteiger partial charge in [0.1, 0.15) is 23.2 Å². The molecule has 5 rings (SSSR count). The van der Waals surface area contributed by atoms with Crippen LogP contribution in [-0.4, -0.2) is 82.1 Å². The van der Waals surface area contributed by atoms with Crippen LogP contribution in [0.5, 0.6) is 5.75 Å². The van der Waals surface area contributed by atoms with Gasteiger partial charge in [0.05, 0.1) is 25.1 Å². The maximum atomic E-state index is 14.4. The minimum atomic E-state index is -0.880. The fourth-order valence-corrected chi connectivity index (χ4v) is 4.12. The Morgan fingerprint density at radius 3 is 2.76 bits per heavy atom. The third kappa shape index (κ3) is 5.11. The van der Waals surface area contributed by atoms with Gasteiger partial charge in [0.2, 0.25) is 5.91 Å². The van der Waals surface area contributed by atoms with Crippen LogP contribution in [0, 0.1) is 5.82 Å². The van der Waals surface area contributed by atoms with E-state index in [1.54, 1.807) is 23.1 Å². The smallest absolute Gasteiger partial charge is 0.270 e. The highest BCUT2D eigenvalue weighted by Gasteiger charge is 2.26. The number of hydrogen-bond donors (Lipinski definition) is 3. The summed E-state index contributed by atoms with van der Waals surface area (Å²) in [6, 6.07) is 5.34. The molecule has 1 saturated heterocycles. The van der Waals surface area contributed by atoms with Crippen LogP contribution in [-0.2, 0) is 20.9 Å². The number of ether oxygens (including phenoxy) is 2. The standard InChI is InChI=1S/C24H24FN7O6/c1-13(24(36)31-4-6-37-7-5-31)28-23(35)18-9-17(30-21-15(25)11-27-32(18)21)22(34)26-10-14-2-3-19-16(8-14)29-20(33)12-38-19/h2-3,8-9,11,13H,4-7,10,12H2,1H3,(H,26,34)(H,28,35)(H,29,33)/t13-/m0/s1. The van der Waals surface area contributed by atoms with E-state index in [1.807, 2.05) is 0 Å². The monoisotopic (exact) mass is 525 g/mol. The Labute approximate surface area is 215 Å². The Hall–Kier alpha value is -4.59. The summed E-state index contributed by atoms with van der Waals surface area (Å²) in [6.45, 7) is 3.18. The topological polar surface area (TPSA) is 156 Å².